The molecule has 1 aromatic rings. The summed E-state index contributed by atoms with van der Waals surface area (Å²) in [5.41, 5.74) is 0.134. The van der Waals surface area contributed by atoms with Crippen molar-refractivity contribution >= 4 is 12.0 Å². The molecule has 0 bridgehead atoms. The number of hydrogen-bond donors (Lipinski definition) is 1. The van der Waals surface area contributed by atoms with Gasteiger partial charge in [-0.25, -0.2) is 4.39 Å². The van der Waals surface area contributed by atoms with E-state index in [1.165, 1.54) is 18.2 Å². The second-order valence-corrected chi connectivity index (χ2v) is 3.19. The van der Waals surface area contributed by atoms with Gasteiger partial charge >= 0.3 is 6.18 Å². The van der Waals surface area contributed by atoms with Crippen molar-refractivity contribution in [3.05, 3.63) is 41.7 Å². The lowest BCUT2D eigenvalue weighted by Gasteiger charge is -2.05. The van der Waals surface area contributed by atoms with Gasteiger partial charge in [-0.05, 0) is 12.1 Å². The molecule has 0 spiro atoms. The molecule has 0 fully saturated rings. The number of benzene rings is 1. The van der Waals surface area contributed by atoms with Crippen molar-refractivity contribution < 1.29 is 22.4 Å². The normalized spacial score (nSPS) is 11.8. The van der Waals surface area contributed by atoms with Crippen LogP contribution in [0.15, 0.2) is 30.3 Å². The predicted octanol–water partition coefficient (Wildman–Crippen LogP) is 2.52. The standard InChI is InChI=1S/C11H9F4NO/c12-9-4-2-1-3-8(9)5-6-10(17)16-7-11(13,14)15/h1-6H,7H2,(H,16,17)/b6-5+. The Kier molecular flexibility index (Phi) is 4.25. The van der Waals surface area contributed by atoms with Crippen LogP contribution in [0.2, 0.25) is 0 Å². The zero-order chi connectivity index (χ0) is 12.9. The topological polar surface area (TPSA) is 29.1 Å². The molecule has 6 heteroatoms. The molecule has 0 radical (unpaired) electrons. The molecule has 0 aliphatic rings. The van der Waals surface area contributed by atoms with E-state index in [2.05, 4.69) is 0 Å². The molecule has 1 rings (SSSR count). The van der Waals surface area contributed by atoms with Crippen molar-refractivity contribution in [3.8, 4) is 0 Å². The Morgan fingerprint density at radius 1 is 1.29 bits per heavy atom. The highest BCUT2D eigenvalue weighted by molar-refractivity contribution is 5.91. The molecular formula is C11H9F4NO. The Bertz CT molecular complexity index is 426. The largest absolute Gasteiger partial charge is 0.405 e. The quantitative estimate of drug-likeness (QED) is 0.645. The minimum absolute atomic E-state index is 0.134. The summed E-state index contributed by atoms with van der Waals surface area (Å²) in [5.74, 6) is -1.47. The zero-order valence-corrected chi connectivity index (χ0v) is 8.59. The Morgan fingerprint density at radius 3 is 2.53 bits per heavy atom. The van der Waals surface area contributed by atoms with Gasteiger partial charge < -0.3 is 5.32 Å². The summed E-state index contributed by atoms with van der Waals surface area (Å²) >= 11 is 0. The van der Waals surface area contributed by atoms with Crippen LogP contribution >= 0.6 is 0 Å². The van der Waals surface area contributed by atoms with Crippen molar-refractivity contribution in [1.82, 2.24) is 5.32 Å². The first-order chi connectivity index (χ1) is 7.88. The van der Waals surface area contributed by atoms with Crippen LogP contribution < -0.4 is 5.32 Å². The lowest BCUT2D eigenvalue weighted by atomic mass is 10.2. The van der Waals surface area contributed by atoms with E-state index in [0.717, 1.165) is 12.2 Å². The van der Waals surface area contributed by atoms with Crippen LogP contribution in [0.25, 0.3) is 6.08 Å². The number of carbonyl (C=O) groups is 1. The van der Waals surface area contributed by atoms with Gasteiger partial charge in [-0.2, -0.15) is 13.2 Å². The number of nitrogens with one attached hydrogen (secondary N) is 1. The molecule has 0 unspecified atom stereocenters. The van der Waals surface area contributed by atoms with E-state index in [1.54, 1.807) is 11.4 Å². The third-order valence-electron chi connectivity index (χ3n) is 1.78. The highest BCUT2D eigenvalue weighted by atomic mass is 19.4. The highest BCUT2D eigenvalue weighted by Crippen LogP contribution is 2.12. The van der Waals surface area contributed by atoms with Gasteiger partial charge in [-0.15, -0.1) is 0 Å². The Balaban J connectivity index is 2.55. The smallest absolute Gasteiger partial charge is 0.343 e. The van der Waals surface area contributed by atoms with Crippen LogP contribution in [0.5, 0.6) is 0 Å². The summed E-state index contributed by atoms with van der Waals surface area (Å²) in [4.78, 5) is 11.0. The van der Waals surface area contributed by atoms with Gasteiger partial charge in [0.1, 0.15) is 12.4 Å². The Hall–Kier alpha value is -1.85. The van der Waals surface area contributed by atoms with E-state index in [0.29, 0.717) is 0 Å². The van der Waals surface area contributed by atoms with Gasteiger partial charge in [0, 0.05) is 11.6 Å². The van der Waals surface area contributed by atoms with Gasteiger partial charge in [0.15, 0.2) is 0 Å². The molecule has 0 heterocycles. The van der Waals surface area contributed by atoms with Crippen LogP contribution in [0.3, 0.4) is 0 Å². The van der Waals surface area contributed by atoms with Crippen molar-refractivity contribution in [2.24, 2.45) is 0 Å². The molecule has 0 aromatic heterocycles. The van der Waals surface area contributed by atoms with Crippen molar-refractivity contribution in [1.29, 1.82) is 0 Å². The first kappa shape index (κ1) is 13.2. The van der Waals surface area contributed by atoms with E-state index in [-0.39, 0.29) is 5.56 Å². The number of amides is 1. The second-order valence-electron chi connectivity index (χ2n) is 3.19. The number of carbonyl (C=O) groups excluding carboxylic acids is 1. The predicted molar refractivity (Wildman–Crippen MR) is 54.5 cm³/mol. The van der Waals surface area contributed by atoms with Crippen molar-refractivity contribution in [3.63, 3.8) is 0 Å². The molecule has 0 aliphatic carbocycles. The molecule has 0 aliphatic heterocycles. The van der Waals surface area contributed by atoms with Crippen LogP contribution in [-0.2, 0) is 4.79 Å². The Morgan fingerprint density at radius 2 is 1.94 bits per heavy atom. The molecule has 2 nitrogen and oxygen atoms in total. The second kappa shape index (κ2) is 5.47. The van der Waals surface area contributed by atoms with Gasteiger partial charge in [0.25, 0.3) is 0 Å². The molecule has 0 saturated carbocycles. The third-order valence-corrected chi connectivity index (χ3v) is 1.78. The van der Waals surface area contributed by atoms with E-state index >= 15 is 0 Å². The lowest BCUT2D eigenvalue weighted by Crippen LogP contribution is -2.32. The summed E-state index contributed by atoms with van der Waals surface area (Å²) in [6.45, 7) is -1.41. The van der Waals surface area contributed by atoms with Crippen molar-refractivity contribution in [2.75, 3.05) is 6.54 Å². The number of rotatable bonds is 3. The molecule has 1 amide bonds. The summed E-state index contributed by atoms with van der Waals surface area (Å²) in [6.07, 6.45) is -2.49. The molecule has 0 saturated heterocycles. The fourth-order valence-corrected chi connectivity index (χ4v) is 1.02. The van der Waals surface area contributed by atoms with Crippen LogP contribution in [0.1, 0.15) is 5.56 Å². The minimum atomic E-state index is -4.46. The summed E-state index contributed by atoms with van der Waals surface area (Å²) < 4.78 is 48.3. The maximum atomic E-state index is 13.1. The van der Waals surface area contributed by atoms with Crippen LogP contribution in [-0.4, -0.2) is 18.6 Å². The van der Waals surface area contributed by atoms with Crippen molar-refractivity contribution in [2.45, 2.75) is 6.18 Å². The highest BCUT2D eigenvalue weighted by Gasteiger charge is 2.27. The summed E-state index contributed by atoms with van der Waals surface area (Å²) in [7, 11) is 0. The number of alkyl halides is 3. The van der Waals surface area contributed by atoms with Gasteiger partial charge in [0.2, 0.25) is 5.91 Å². The summed E-state index contributed by atoms with van der Waals surface area (Å²) in [6, 6.07) is 5.61. The number of halogens is 4. The molecule has 1 aromatic carbocycles. The molecule has 1 N–H and O–H groups in total. The summed E-state index contributed by atoms with van der Waals surface area (Å²) in [5, 5.41) is 1.64. The van der Waals surface area contributed by atoms with E-state index in [1.807, 2.05) is 0 Å². The minimum Gasteiger partial charge on any atom is -0.343 e. The van der Waals surface area contributed by atoms with E-state index in [4.69, 9.17) is 0 Å². The fourth-order valence-electron chi connectivity index (χ4n) is 1.02. The maximum Gasteiger partial charge on any atom is 0.405 e. The maximum absolute atomic E-state index is 13.1. The average Bonchev–Trinajstić information content (AvgIpc) is 2.24. The van der Waals surface area contributed by atoms with E-state index in [9.17, 15) is 22.4 Å². The van der Waals surface area contributed by atoms with Gasteiger partial charge in [-0.3, -0.25) is 4.79 Å². The Labute approximate surface area is 94.9 Å². The SMILES string of the molecule is O=C(/C=C/c1ccccc1F)NCC(F)(F)F. The lowest BCUT2D eigenvalue weighted by molar-refractivity contribution is -0.135. The molecule has 0 atom stereocenters. The third kappa shape index (κ3) is 5.14. The van der Waals surface area contributed by atoms with E-state index < -0.39 is 24.4 Å². The van der Waals surface area contributed by atoms with Gasteiger partial charge in [-0.1, -0.05) is 18.2 Å². The number of hydrogen-bond acceptors (Lipinski definition) is 1. The monoisotopic (exact) mass is 247 g/mol. The first-order valence-corrected chi connectivity index (χ1v) is 4.66. The zero-order valence-electron chi connectivity index (χ0n) is 8.59. The van der Waals surface area contributed by atoms with Crippen LogP contribution in [0.4, 0.5) is 17.6 Å². The molecule has 17 heavy (non-hydrogen) atoms. The van der Waals surface area contributed by atoms with Gasteiger partial charge in [0.05, 0.1) is 0 Å². The van der Waals surface area contributed by atoms with Crippen LogP contribution in [0, 0.1) is 5.82 Å². The first-order valence-electron chi connectivity index (χ1n) is 4.66. The fraction of sp³-hybridized carbons (Fsp3) is 0.182. The average molecular weight is 247 g/mol. The molecular weight excluding hydrogens is 238 g/mol. The molecule has 92 valence electrons.